The molecule has 0 unspecified atom stereocenters. The first-order valence-electron chi connectivity index (χ1n) is 6.50. The van der Waals surface area contributed by atoms with Gasteiger partial charge in [0.1, 0.15) is 0 Å². The number of aromatic nitrogens is 1. The fourth-order valence-corrected chi connectivity index (χ4v) is 2.23. The van der Waals surface area contributed by atoms with E-state index in [1.165, 1.54) is 0 Å². The first-order valence-corrected chi connectivity index (χ1v) is 6.50. The third-order valence-corrected chi connectivity index (χ3v) is 3.24. The number of nitrogens with zero attached hydrogens (tertiary/aromatic N) is 1. The fourth-order valence-electron chi connectivity index (χ4n) is 2.23. The van der Waals surface area contributed by atoms with Gasteiger partial charge in [0.15, 0.2) is 6.20 Å². The molecule has 0 aliphatic heterocycles. The number of fused-ring (bicyclic) bond motifs is 1. The average Bonchev–Trinajstić information content (AvgIpc) is 2.53. The largest absolute Gasteiger partial charge is 0.291 e. The highest BCUT2D eigenvalue weighted by Crippen LogP contribution is 2.10. The molecule has 96 valence electrons. The van der Waals surface area contributed by atoms with E-state index in [0.717, 1.165) is 22.8 Å². The van der Waals surface area contributed by atoms with E-state index in [1.807, 2.05) is 83.6 Å². The van der Waals surface area contributed by atoms with Crippen molar-refractivity contribution in [2.75, 3.05) is 0 Å². The maximum absolute atomic E-state index is 11.2. The van der Waals surface area contributed by atoms with Crippen molar-refractivity contribution in [1.82, 2.24) is 0 Å². The zero-order valence-electron chi connectivity index (χ0n) is 10.9. The van der Waals surface area contributed by atoms with Gasteiger partial charge in [-0.05, 0) is 17.7 Å². The van der Waals surface area contributed by atoms with E-state index in [4.69, 9.17) is 0 Å². The van der Waals surface area contributed by atoms with Crippen LogP contribution in [0.1, 0.15) is 16.1 Å². The lowest BCUT2D eigenvalue weighted by molar-refractivity contribution is -0.539. The number of carbonyl (C=O) groups is 1. The van der Waals surface area contributed by atoms with Crippen molar-refractivity contribution >= 4 is 29.5 Å². The summed E-state index contributed by atoms with van der Waals surface area (Å²) in [4.78, 5) is 11.2. The Morgan fingerprint density at radius 2 is 1.55 bits per heavy atom. The van der Waals surface area contributed by atoms with Crippen LogP contribution in [0.2, 0.25) is 0 Å². The Morgan fingerprint density at radius 1 is 0.800 bits per heavy atom. The van der Waals surface area contributed by atoms with Crippen LogP contribution in [0, 0.1) is 0 Å². The Morgan fingerprint density at radius 3 is 2.35 bits per heavy atom. The number of aldehydes is 1. The molecule has 0 fully saturated rings. The summed E-state index contributed by atoms with van der Waals surface area (Å²) in [6.45, 7) is 0. The predicted molar refractivity (Wildman–Crippen MR) is 81.2 cm³/mol. The van der Waals surface area contributed by atoms with Crippen molar-refractivity contribution < 1.29 is 9.36 Å². The van der Waals surface area contributed by atoms with Crippen molar-refractivity contribution in [2.24, 2.45) is 0 Å². The number of carbonyl (C=O) groups excluding carboxylic acids is 1. The molecular weight excluding hydrogens is 246 g/mol. The number of hydrogen-bond donors (Lipinski definition) is 0. The van der Waals surface area contributed by atoms with E-state index < -0.39 is 0 Å². The molecule has 0 spiro atoms. The number of hydrogen-bond acceptors (Lipinski definition) is 1. The minimum atomic E-state index is 0.635. The van der Waals surface area contributed by atoms with Crippen molar-refractivity contribution in [3.8, 4) is 0 Å². The first-order chi connectivity index (χ1) is 9.88. The van der Waals surface area contributed by atoms with Crippen LogP contribution >= 0.6 is 0 Å². The third-order valence-electron chi connectivity index (χ3n) is 3.24. The Kier molecular flexibility index (Phi) is 3.38. The number of rotatable bonds is 3. The van der Waals surface area contributed by atoms with Gasteiger partial charge in [0.25, 0.3) is 5.69 Å². The highest BCUT2D eigenvalue weighted by Gasteiger charge is 2.12. The first kappa shape index (κ1) is 12.3. The van der Waals surface area contributed by atoms with Crippen LogP contribution in [0.5, 0.6) is 0 Å². The zero-order chi connectivity index (χ0) is 13.8. The van der Waals surface area contributed by atoms with Crippen LogP contribution in [0.15, 0.2) is 66.7 Å². The molecule has 0 atom stereocenters. The van der Waals surface area contributed by atoms with E-state index in [1.54, 1.807) is 0 Å². The average molecular weight is 260 g/mol. The molecule has 0 saturated heterocycles. The summed E-state index contributed by atoms with van der Waals surface area (Å²) in [5.41, 5.74) is 2.75. The molecular formula is C18H14NO+. The van der Waals surface area contributed by atoms with Crippen molar-refractivity contribution in [1.29, 1.82) is 0 Å². The molecule has 1 heterocycles. The van der Waals surface area contributed by atoms with Gasteiger partial charge >= 0.3 is 0 Å². The summed E-state index contributed by atoms with van der Waals surface area (Å²) in [5.74, 6) is 0. The van der Waals surface area contributed by atoms with Crippen LogP contribution in [0.3, 0.4) is 0 Å². The van der Waals surface area contributed by atoms with Crippen molar-refractivity contribution in [2.45, 2.75) is 0 Å². The molecule has 0 saturated carbocycles. The molecule has 1 aromatic heterocycles. The van der Waals surface area contributed by atoms with Gasteiger partial charge in [0, 0.05) is 23.6 Å². The Labute approximate surface area is 117 Å². The predicted octanol–water partition coefficient (Wildman–Crippen LogP) is 3.57. The lowest BCUT2D eigenvalue weighted by Crippen LogP contribution is -2.32. The highest BCUT2D eigenvalue weighted by molar-refractivity contribution is 5.80. The zero-order valence-corrected chi connectivity index (χ0v) is 10.9. The molecule has 2 nitrogen and oxygen atoms in total. The van der Waals surface area contributed by atoms with Crippen molar-refractivity contribution in [3.05, 3.63) is 78.0 Å². The molecule has 0 radical (unpaired) electrons. The van der Waals surface area contributed by atoms with E-state index >= 15 is 0 Å². The second kappa shape index (κ2) is 5.49. The van der Waals surface area contributed by atoms with Gasteiger partial charge in [0.05, 0.1) is 0 Å². The molecule has 0 aliphatic rings. The Bertz CT molecular complexity index is 776. The molecule has 0 bridgehead atoms. The van der Waals surface area contributed by atoms with Crippen LogP contribution in [0.25, 0.3) is 23.2 Å². The SMILES string of the molecule is O=Cc1ccc2ccccc2[n+]1C=Cc1ccccc1. The normalized spacial score (nSPS) is 11.0. The molecule has 0 N–H and O–H groups in total. The minimum absolute atomic E-state index is 0.635. The Balaban J connectivity index is 2.14. The minimum Gasteiger partial charge on any atom is -0.291 e. The van der Waals surface area contributed by atoms with Crippen LogP contribution in [-0.2, 0) is 0 Å². The summed E-state index contributed by atoms with van der Waals surface area (Å²) < 4.78 is 1.91. The van der Waals surface area contributed by atoms with E-state index in [-0.39, 0.29) is 0 Å². The van der Waals surface area contributed by atoms with E-state index in [9.17, 15) is 4.79 Å². The van der Waals surface area contributed by atoms with E-state index in [0.29, 0.717) is 5.69 Å². The molecule has 0 amide bonds. The number of para-hydroxylation sites is 1. The standard InChI is InChI=1S/C18H14NO/c20-14-17-11-10-16-8-4-5-9-18(16)19(17)13-12-15-6-2-1-3-7-15/h1-14H/q+1. The summed E-state index contributed by atoms with van der Waals surface area (Å²) >= 11 is 0. The second-order valence-electron chi connectivity index (χ2n) is 4.53. The Hall–Kier alpha value is -2.74. The van der Waals surface area contributed by atoms with E-state index in [2.05, 4.69) is 0 Å². The number of pyridine rings is 1. The second-order valence-corrected chi connectivity index (χ2v) is 4.53. The van der Waals surface area contributed by atoms with Crippen molar-refractivity contribution in [3.63, 3.8) is 0 Å². The van der Waals surface area contributed by atoms with Gasteiger partial charge in [-0.3, -0.25) is 4.79 Å². The van der Waals surface area contributed by atoms with Gasteiger partial charge in [-0.25, -0.2) is 0 Å². The fraction of sp³-hybridized carbons (Fsp3) is 0. The van der Waals surface area contributed by atoms with Gasteiger partial charge in [-0.1, -0.05) is 42.5 Å². The lowest BCUT2D eigenvalue weighted by atomic mass is 10.2. The monoisotopic (exact) mass is 260 g/mol. The van der Waals surface area contributed by atoms with Gasteiger partial charge in [-0.2, -0.15) is 4.57 Å². The summed E-state index contributed by atoms with van der Waals surface area (Å²) in [6, 6.07) is 21.9. The highest BCUT2D eigenvalue weighted by atomic mass is 16.1. The maximum atomic E-state index is 11.2. The quantitative estimate of drug-likeness (QED) is 0.521. The molecule has 0 aliphatic carbocycles. The molecule has 20 heavy (non-hydrogen) atoms. The van der Waals surface area contributed by atoms with Crippen LogP contribution in [-0.4, -0.2) is 6.29 Å². The van der Waals surface area contributed by atoms with Gasteiger partial charge in [0.2, 0.25) is 11.8 Å². The van der Waals surface area contributed by atoms with Crippen LogP contribution < -0.4 is 4.57 Å². The lowest BCUT2D eigenvalue weighted by Gasteiger charge is -1.99. The molecule has 2 aromatic carbocycles. The topological polar surface area (TPSA) is 20.9 Å². The van der Waals surface area contributed by atoms with Gasteiger partial charge in [-0.15, -0.1) is 0 Å². The van der Waals surface area contributed by atoms with Crippen LogP contribution in [0.4, 0.5) is 0 Å². The third kappa shape index (κ3) is 2.36. The summed E-state index contributed by atoms with van der Waals surface area (Å²) in [7, 11) is 0. The summed E-state index contributed by atoms with van der Waals surface area (Å²) in [6.07, 6.45) is 4.81. The number of benzene rings is 2. The summed E-state index contributed by atoms with van der Waals surface area (Å²) in [5, 5.41) is 1.11. The van der Waals surface area contributed by atoms with Gasteiger partial charge < -0.3 is 0 Å². The maximum Gasteiger partial charge on any atom is 0.251 e. The smallest absolute Gasteiger partial charge is 0.251 e. The molecule has 3 rings (SSSR count). The molecule has 2 heteroatoms. The molecule has 3 aromatic rings.